The number of allylic oxidation sites excluding steroid dienone is 2. The maximum atomic E-state index is 8.18. The Bertz CT molecular complexity index is 72.5. The Balaban J connectivity index is 3.13. The summed E-state index contributed by atoms with van der Waals surface area (Å²) in [5.41, 5.74) is 0. The van der Waals surface area contributed by atoms with E-state index in [1.54, 1.807) is 24.3 Å². The summed E-state index contributed by atoms with van der Waals surface area (Å²) in [6, 6.07) is 0. The molecule has 0 aromatic carbocycles. The Morgan fingerprint density at radius 3 is 1.50 bits per heavy atom. The van der Waals surface area contributed by atoms with E-state index >= 15 is 0 Å². The van der Waals surface area contributed by atoms with Gasteiger partial charge in [-0.15, -0.1) is 0 Å². The van der Waals surface area contributed by atoms with Crippen molar-refractivity contribution in [3.05, 3.63) is 24.3 Å². The van der Waals surface area contributed by atoms with Crippen LogP contribution in [0.1, 0.15) is 0 Å². The normalized spacial score (nSPS) is 11.8. The zero-order valence-corrected chi connectivity index (χ0v) is 4.62. The first-order valence-electron chi connectivity index (χ1n) is 2.45. The van der Waals surface area contributed by atoms with Crippen molar-refractivity contribution in [2.45, 2.75) is 0 Å². The first-order chi connectivity index (χ1) is 3.91. The van der Waals surface area contributed by atoms with E-state index in [2.05, 4.69) is 0 Å². The lowest BCUT2D eigenvalue weighted by Crippen LogP contribution is -1.70. The lowest BCUT2D eigenvalue weighted by molar-refractivity contribution is 0.341. The Morgan fingerprint density at radius 1 is 0.875 bits per heavy atom. The van der Waals surface area contributed by atoms with Gasteiger partial charge >= 0.3 is 0 Å². The molecule has 0 aliphatic heterocycles. The number of aliphatic hydroxyl groups is 2. The first kappa shape index (κ1) is 7.40. The van der Waals surface area contributed by atoms with Gasteiger partial charge in [0.25, 0.3) is 0 Å². The van der Waals surface area contributed by atoms with Gasteiger partial charge in [0.05, 0.1) is 13.2 Å². The van der Waals surface area contributed by atoms with Crippen LogP contribution in [0.25, 0.3) is 0 Å². The molecule has 0 bridgehead atoms. The molecule has 0 amide bonds. The molecule has 0 fully saturated rings. The quantitative estimate of drug-likeness (QED) is 0.510. The van der Waals surface area contributed by atoms with Crippen molar-refractivity contribution in [2.24, 2.45) is 0 Å². The molecule has 0 heterocycles. The van der Waals surface area contributed by atoms with Crippen LogP contribution < -0.4 is 0 Å². The minimum absolute atomic E-state index is 0.0514. The fourth-order valence-electron chi connectivity index (χ4n) is 0.279. The van der Waals surface area contributed by atoms with E-state index in [1.165, 1.54) is 0 Å². The Kier molecular flexibility index (Phi) is 5.92. The van der Waals surface area contributed by atoms with Gasteiger partial charge in [0.15, 0.2) is 0 Å². The summed E-state index contributed by atoms with van der Waals surface area (Å²) < 4.78 is 0. The average Bonchev–Trinajstić information content (AvgIpc) is 1.81. The van der Waals surface area contributed by atoms with Gasteiger partial charge in [-0.2, -0.15) is 0 Å². The fourth-order valence-corrected chi connectivity index (χ4v) is 0.279. The summed E-state index contributed by atoms with van der Waals surface area (Å²) in [5.74, 6) is 0. The summed E-state index contributed by atoms with van der Waals surface area (Å²) in [6.45, 7) is 0.103. The fraction of sp³-hybridized carbons (Fsp3) is 0.333. The third-order valence-corrected chi connectivity index (χ3v) is 0.594. The van der Waals surface area contributed by atoms with Crippen LogP contribution in [0.4, 0.5) is 0 Å². The number of aliphatic hydroxyl groups excluding tert-OH is 2. The van der Waals surface area contributed by atoms with Gasteiger partial charge in [-0.05, 0) is 0 Å². The van der Waals surface area contributed by atoms with Crippen LogP contribution in [-0.4, -0.2) is 23.4 Å². The molecule has 0 aromatic heterocycles. The van der Waals surface area contributed by atoms with Crippen LogP contribution in [0.5, 0.6) is 0 Å². The van der Waals surface area contributed by atoms with Crippen molar-refractivity contribution >= 4 is 0 Å². The molecule has 0 spiro atoms. The molecule has 0 aliphatic rings. The average molecular weight is 114 g/mol. The van der Waals surface area contributed by atoms with Crippen LogP contribution in [0.3, 0.4) is 0 Å². The smallest absolute Gasteiger partial charge is 0.0615 e. The summed E-state index contributed by atoms with van der Waals surface area (Å²) in [4.78, 5) is 0. The van der Waals surface area contributed by atoms with Crippen LogP contribution >= 0.6 is 0 Å². The van der Waals surface area contributed by atoms with E-state index in [0.29, 0.717) is 0 Å². The molecular formula is C6H10O2. The van der Waals surface area contributed by atoms with Crippen molar-refractivity contribution in [2.75, 3.05) is 13.2 Å². The molecule has 0 unspecified atom stereocenters. The zero-order chi connectivity index (χ0) is 6.24. The topological polar surface area (TPSA) is 40.5 Å². The molecule has 0 aliphatic carbocycles. The molecule has 46 valence electrons. The molecule has 2 N–H and O–H groups in total. The third-order valence-electron chi connectivity index (χ3n) is 0.594. The van der Waals surface area contributed by atoms with Crippen LogP contribution in [-0.2, 0) is 0 Å². The van der Waals surface area contributed by atoms with Gasteiger partial charge in [-0.1, -0.05) is 24.3 Å². The van der Waals surface area contributed by atoms with Gasteiger partial charge in [-0.3, -0.25) is 0 Å². The van der Waals surface area contributed by atoms with Crippen molar-refractivity contribution in [3.63, 3.8) is 0 Å². The second-order valence-corrected chi connectivity index (χ2v) is 1.22. The summed E-state index contributed by atoms with van der Waals surface area (Å²) in [7, 11) is 0. The van der Waals surface area contributed by atoms with Gasteiger partial charge in [0.1, 0.15) is 0 Å². The predicted octanol–water partition coefficient (Wildman–Crippen LogP) is 0.0834. The second kappa shape index (κ2) is 6.40. The monoisotopic (exact) mass is 114 g/mol. The molecule has 0 atom stereocenters. The van der Waals surface area contributed by atoms with Crippen LogP contribution in [0.2, 0.25) is 0 Å². The van der Waals surface area contributed by atoms with E-state index in [1.807, 2.05) is 0 Å². The van der Waals surface area contributed by atoms with Gasteiger partial charge < -0.3 is 10.2 Å². The van der Waals surface area contributed by atoms with Crippen molar-refractivity contribution in [1.29, 1.82) is 0 Å². The van der Waals surface area contributed by atoms with Crippen LogP contribution in [0, 0.1) is 0 Å². The highest BCUT2D eigenvalue weighted by atomic mass is 16.3. The lowest BCUT2D eigenvalue weighted by atomic mass is 10.4. The highest BCUT2D eigenvalue weighted by molar-refractivity contribution is 5.01. The van der Waals surface area contributed by atoms with Gasteiger partial charge in [-0.25, -0.2) is 0 Å². The molecule has 8 heavy (non-hydrogen) atoms. The van der Waals surface area contributed by atoms with Crippen molar-refractivity contribution in [3.8, 4) is 0 Å². The SMILES string of the molecule is OCC=C/C=C\CO. The van der Waals surface area contributed by atoms with E-state index in [0.717, 1.165) is 0 Å². The maximum absolute atomic E-state index is 8.18. The van der Waals surface area contributed by atoms with E-state index in [-0.39, 0.29) is 13.2 Å². The van der Waals surface area contributed by atoms with Crippen molar-refractivity contribution in [1.82, 2.24) is 0 Å². The molecule has 0 radical (unpaired) electrons. The summed E-state index contributed by atoms with van der Waals surface area (Å²) in [5, 5.41) is 16.4. The molecular weight excluding hydrogens is 104 g/mol. The molecule has 2 nitrogen and oxygen atoms in total. The van der Waals surface area contributed by atoms with Gasteiger partial charge in [0.2, 0.25) is 0 Å². The molecule has 0 aromatic rings. The summed E-state index contributed by atoms with van der Waals surface area (Å²) >= 11 is 0. The molecule has 2 heteroatoms. The van der Waals surface area contributed by atoms with Crippen LogP contribution in [0.15, 0.2) is 24.3 Å². The highest BCUT2D eigenvalue weighted by Crippen LogP contribution is 1.73. The van der Waals surface area contributed by atoms with Crippen molar-refractivity contribution < 1.29 is 10.2 Å². The number of hydrogen-bond donors (Lipinski definition) is 2. The third kappa shape index (κ3) is 5.40. The van der Waals surface area contributed by atoms with E-state index < -0.39 is 0 Å². The number of hydrogen-bond acceptors (Lipinski definition) is 2. The minimum atomic E-state index is 0.0514. The Labute approximate surface area is 48.8 Å². The number of rotatable bonds is 3. The van der Waals surface area contributed by atoms with E-state index in [9.17, 15) is 0 Å². The predicted molar refractivity (Wildman–Crippen MR) is 32.5 cm³/mol. The molecule has 0 saturated heterocycles. The van der Waals surface area contributed by atoms with E-state index in [4.69, 9.17) is 10.2 Å². The lowest BCUT2D eigenvalue weighted by Gasteiger charge is -1.74. The zero-order valence-electron chi connectivity index (χ0n) is 4.62. The highest BCUT2D eigenvalue weighted by Gasteiger charge is 1.62. The van der Waals surface area contributed by atoms with Gasteiger partial charge in [0, 0.05) is 0 Å². The molecule has 0 saturated carbocycles. The standard InChI is InChI=1S/C6H10O2/c7-5-3-1-2-4-6-8/h1-4,7-8H,5-6H2/b3-1-,4-2?. The maximum Gasteiger partial charge on any atom is 0.0615 e. The Morgan fingerprint density at radius 2 is 1.25 bits per heavy atom. The summed E-state index contributed by atoms with van der Waals surface area (Å²) in [6.07, 6.45) is 6.53. The second-order valence-electron chi connectivity index (χ2n) is 1.22. The minimum Gasteiger partial charge on any atom is -0.392 e. The molecule has 0 rings (SSSR count). The Hall–Kier alpha value is -0.600. The largest absolute Gasteiger partial charge is 0.392 e. The first-order valence-corrected chi connectivity index (χ1v) is 2.45.